The van der Waals surface area contributed by atoms with Crippen LogP contribution >= 0.6 is 0 Å². The van der Waals surface area contributed by atoms with Gasteiger partial charge in [-0.3, -0.25) is 0 Å². The Morgan fingerprint density at radius 2 is 1.58 bits per heavy atom. The molecule has 2 aliphatic carbocycles. The fourth-order valence-electron chi connectivity index (χ4n) is 6.48. The molecule has 0 aromatic rings. The molecular weight excluding hydrogens is 232 g/mol. The van der Waals surface area contributed by atoms with E-state index in [1.807, 2.05) is 0 Å². The van der Waals surface area contributed by atoms with Crippen molar-refractivity contribution in [3.05, 3.63) is 0 Å². The molecule has 1 heteroatoms. The van der Waals surface area contributed by atoms with Crippen LogP contribution in [0.2, 0.25) is 0 Å². The van der Waals surface area contributed by atoms with E-state index in [1.54, 1.807) is 0 Å². The van der Waals surface area contributed by atoms with Gasteiger partial charge >= 0.3 is 0 Å². The van der Waals surface area contributed by atoms with Crippen molar-refractivity contribution in [2.75, 3.05) is 0 Å². The maximum absolute atomic E-state index is 6.64. The van der Waals surface area contributed by atoms with E-state index in [0.29, 0.717) is 16.9 Å². The van der Waals surface area contributed by atoms with Gasteiger partial charge in [0.25, 0.3) is 0 Å². The molecule has 1 spiro atoms. The van der Waals surface area contributed by atoms with Gasteiger partial charge in [0.15, 0.2) is 0 Å². The Labute approximate surface area is 119 Å². The van der Waals surface area contributed by atoms with Crippen LogP contribution in [0.4, 0.5) is 0 Å². The molecule has 110 valence electrons. The van der Waals surface area contributed by atoms with Gasteiger partial charge in [0.1, 0.15) is 0 Å². The zero-order chi connectivity index (χ0) is 14.3. The van der Waals surface area contributed by atoms with Crippen LogP contribution in [0.5, 0.6) is 0 Å². The summed E-state index contributed by atoms with van der Waals surface area (Å²) in [6.07, 6.45) is 5.96. The minimum Gasteiger partial charge on any atom is -0.371 e. The molecule has 0 N–H and O–H groups in total. The smallest absolute Gasteiger partial charge is 0.0696 e. The first-order valence-corrected chi connectivity index (χ1v) is 8.22. The summed E-state index contributed by atoms with van der Waals surface area (Å²) in [7, 11) is 0. The number of hydrogen-bond acceptors (Lipinski definition) is 1. The molecule has 0 bridgehead atoms. The summed E-state index contributed by atoms with van der Waals surface area (Å²) >= 11 is 0. The van der Waals surface area contributed by atoms with Crippen molar-refractivity contribution in [2.24, 2.45) is 28.1 Å². The summed E-state index contributed by atoms with van der Waals surface area (Å²) in [6.45, 7) is 17.1. The SMILES string of the molecule is CC1C(C)(C)C2CCCC23CC(C)(C)OC3C1(C)C. The fourth-order valence-corrected chi connectivity index (χ4v) is 6.48. The molecule has 0 radical (unpaired) electrons. The molecule has 0 amide bonds. The van der Waals surface area contributed by atoms with Crippen molar-refractivity contribution in [1.29, 1.82) is 0 Å². The second-order valence-electron chi connectivity index (χ2n) is 9.48. The minimum absolute atomic E-state index is 0.0741. The summed E-state index contributed by atoms with van der Waals surface area (Å²) in [6, 6.07) is 0. The Hall–Kier alpha value is -0.0400. The molecule has 3 aliphatic rings. The van der Waals surface area contributed by atoms with Crippen molar-refractivity contribution < 1.29 is 4.74 Å². The second kappa shape index (κ2) is 3.59. The van der Waals surface area contributed by atoms with Crippen LogP contribution in [0.1, 0.15) is 74.1 Å². The van der Waals surface area contributed by atoms with Gasteiger partial charge in [-0.2, -0.15) is 0 Å². The first kappa shape index (κ1) is 13.9. The van der Waals surface area contributed by atoms with E-state index in [-0.39, 0.29) is 11.0 Å². The third kappa shape index (κ3) is 1.57. The lowest BCUT2D eigenvalue weighted by Crippen LogP contribution is -2.59. The first-order chi connectivity index (χ1) is 8.54. The molecule has 1 heterocycles. The Morgan fingerprint density at radius 3 is 2.21 bits per heavy atom. The van der Waals surface area contributed by atoms with E-state index in [2.05, 4.69) is 48.5 Å². The Kier molecular flexibility index (Phi) is 2.63. The summed E-state index contributed by atoms with van der Waals surface area (Å²) < 4.78 is 6.64. The van der Waals surface area contributed by atoms with Crippen molar-refractivity contribution in [3.8, 4) is 0 Å². The topological polar surface area (TPSA) is 9.23 Å². The van der Waals surface area contributed by atoms with E-state index in [4.69, 9.17) is 4.74 Å². The van der Waals surface area contributed by atoms with Gasteiger partial charge in [0, 0.05) is 5.41 Å². The normalized spacial score (nSPS) is 49.7. The molecule has 19 heavy (non-hydrogen) atoms. The highest BCUT2D eigenvalue weighted by molar-refractivity contribution is 5.18. The van der Waals surface area contributed by atoms with Crippen LogP contribution in [-0.4, -0.2) is 11.7 Å². The molecule has 0 aromatic heterocycles. The molecule has 4 unspecified atom stereocenters. The third-order valence-electron chi connectivity index (χ3n) is 7.35. The lowest BCUT2D eigenvalue weighted by molar-refractivity contribution is -0.187. The largest absolute Gasteiger partial charge is 0.371 e. The van der Waals surface area contributed by atoms with Gasteiger partial charge < -0.3 is 4.74 Å². The summed E-state index contributed by atoms with van der Waals surface area (Å²) in [4.78, 5) is 0. The standard InChI is InChI=1S/C18H32O/c1-12-16(4,5)13-9-8-10-18(13)11-15(2,3)19-14(18)17(12,6)7/h12-14H,8-11H2,1-7H3. The zero-order valence-corrected chi connectivity index (χ0v) is 14.0. The molecule has 4 atom stereocenters. The third-order valence-corrected chi connectivity index (χ3v) is 7.35. The summed E-state index contributed by atoms with van der Waals surface area (Å²) in [5.74, 6) is 1.57. The van der Waals surface area contributed by atoms with E-state index in [9.17, 15) is 0 Å². The second-order valence-corrected chi connectivity index (χ2v) is 9.48. The van der Waals surface area contributed by atoms with Crippen LogP contribution in [0.25, 0.3) is 0 Å². The average Bonchev–Trinajstić information content (AvgIpc) is 2.79. The Balaban J connectivity index is 2.14. The van der Waals surface area contributed by atoms with E-state index >= 15 is 0 Å². The molecular formula is C18H32O. The predicted molar refractivity (Wildman–Crippen MR) is 80.1 cm³/mol. The van der Waals surface area contributed by atoms with Crippen LogP contribution in [0.3, 0.4) is 0 Å². The highest BCUT2D eigenvalue weighted by Crippen LogP contribution is 2.72. The lowest BCUT2D eigenvalue weighted by Gasteiger charge is -2.61. The van der Waals surface area contributed by atoms with Crippen molar-refractivity contribution in [1.82, 2.24) is 0 Å². The Bertz CT molecular complexity index is 392. The minimum atomic E-state index is 0.0741. The first-order valence-electron chi connectivity index (χ1n) is 8.22. The van der Waals surface area contributed by atoms with Crippen LogP contribution in [0, 0.1) is 28.1 Å². The monoisotopic (exact) mass is 264 g/mol. The molecule has 1 nitrogen and oxygen atoms in total. The molecule has 2 saturated carbocycles. The quantitative estimate of drug-likeness (QED) is 0.595. The van der Waals surface area contributed by atoms with E-state index in [0.717, 1.165) is 11.8 Å². The van der Waals surface area contributed by atoms with Gasteiger partial charge in [-0.15, -0.1) is 0 Å². The highest BCUT2D eigenvalue weighted by Gasteiger charge is 2.69. The van der Waals surface area contributed by atoms with Crippen molar-refractivity contribution in [2.45, 2.75) is 85.9 Å². The maximum Gasteiger partial charge on any atom is 0.0696 e. The van der Waals surface area contributed by atoms with E-state index < -0.39 is 0 Å². The average molecular weight is 264 g/mol. The molecule has 1 saturated heterocycles. The van der Waals surface area contributed by atoms with Gasteiger partial charge in [-0.1, -0.05) is 41.0 Å². The zero-order valence-electron chi connectivity index (χ0n) is 14.0. The van der Waals surface area contributed by atoms with Gasteiger partial charge in [0.05, 0.1) is 11.7 Å². The lowest BCUT2D eigenvalue weighted by atomic mass is 9.44. The summed E-state index contributed by atoms with van der Waals surface area (Å²) in [5, 5.41) is 0. The predicted octanol–water partition coefficient (Wildman–Crippen LogP) is 5.04. The molecule has 0 aromatic carbocycles. The van der Waals surface area contributed by atoms with Crippen molar-refractivity contribution in [3.63, 3.8) is 0 Å². The van der Waals surface area contributed by atoms with Gasteiger partial charge in [-0.25, -0.2) is 0 Å². The fraction of sp³-hybridized carbons (Fsp3) is 1.00. The van der Waals surface area contributed by atoms with E-state index in [1.165, 1.54) is 25.7 Å². The Morgan fingerprint density at radius 1 is 0.947 bits per heavy atom. The molecule has 3 fully saturated rings. The number of ether oxygens (including phenoxy) is 1. The van der Waals surface area contributed by atoms with Crippen LogP contribution in [0.15, 0.2) is 0 Å². The summed E-state index contributed by atoms with van der Waals surface area (Å²) in [5.41, 5.74) is 1.27. The van der Waals surface area contributed by atoms with Crippen molar-refractivity contribution >= 4 is 0 Å². The molecule has 3 rings (SSSR count). The number of rotatable bonds is 0. The number of hydrogen-bond donors (Lipinski definition) is 0. The maximum atomic E-state index is 6.64. The molecule has 1 aliphatic heterocycles. The van der Waals surface area contributed by atoms with Gasteiger partial charge in [-0.05, 0) is 55.8 Å². The van der Waals surface area contributed by atoms with Crippen LogP contribution in [-0.2, 0) is 4.74 Å². The van der Waals surface area contributed by atoms with Gasteiger partial charge in [0.2, 0.25) is 0 Å². The van der Waals surface area contributed by atoms with Crippen LogP contribution < -0.4 is 0 Å². The highest BCUT2D eigenvalue weighted by atomic mass is 16.5.